The average Bonchev–Trinajstić information content (AvgIpc) is 2.48. The number of ether oxygens (including phenoxy) is 1. The molecule has 1 amide bonds. The van der Waals surface area contributed by atoms with Crippen molar-refractivity contribution in [2.45, 2.75) is 12.8 Å². The van der Waals surface area contributed by atoms with Crippen molar-refractivity contribution in [3.63, 3.8) is 0 Å². The summed E-state index contributed by atoms with van der Waals surface area (Å²) in [5, 5.41) is 0. The fourth-order valence-electron chi connectivity index (χ4n) is 2.43. The molecule has 5 heteroatoms. The molecule has 1 fully saturated rings. The molecule has 1 heterocycles. The van der Waals surface area contributed by atoms with Gasteiger partial charge in [0.1, 0.15) is 0 Å². The highest BCUT2D eigenvalue weighted by atomic mass is 16.5. The Morgan fingerprint density at radius 3 is 2.45 bits per heavy atom. The number of methoxy groups -OCH3 is 1. The number of carbonyl (C=O) groups excluding carboxylic acids is 1. The van der Waals surface area contributed by atoms with Crippen molar-refractivity contribution >= 4 is 17.3 Å². The summed E-state index contributed by atoms with van der Waals surface area (Å²) in [5.74, 6) is 0.235. The number of nitrogen functional groups attached to an aromatic ring is 1. The first-order valence-electron chi connectivity index (χ1n) is 7.08. The number of carbonyl (C=O) groups is 1. The molecule has 0 unspecified atom stereocenters. The first-order valence-corrected chi connectivity index (χ1v) is 7.08. The maximum Gasteiger partial charge on any atom is 0.222 e. The standard InChI is InChI=1S/C15H23N3O2/c1-20-12-2-3-15(19)18-10-8-17(9-11-18)14-6-4-13(16)5-7-14/h4-7H,2-3,8-12,16H2,1H3. The number of benzene rings is 1. The van der Waals surface area contributed by atoms with Gasteiger partial charge in [-0.15, -0.1) is 0 Å². The number of anilines is 2. The Labute approximate surface area is 120 Å². The summed E-state index contributed by atoms with van der Waals surface area (Å²) in [7, 11) is 1.66. The van der Waals surface area contributed by atoms with E-state index in [1.54, 1.807) is 7.11 Å². The molecule has 0 atom stereocenters. The van der Waals surface area contributed by atoms with Gasteiger partial charge in [-0.2, -0.15) is 0 Å². The number of hydrogen-bond acceptors (Lipinski definition) is 4. The highest BCUT2D eigenvalue weighted by Crippen LogP contribution is 2.18. The van der Waals surface area contributed by atoms with Crippen molar-refractivity contribution in [2.24, 2.45) is 0 Å². The highest BCUT2D eigenvalue weighted by Gasteiger charge is 2.20. The van der Waals surface area contributed by atoms with Gasteiger partial charge in [-0.05, 0) is 30.7 Å². The molecule has 2 N–H and O–H groups in total. The van der Waals surface area contributed by atoms with E-state index in [-0.39, 0.29) is 5.91 Å². The van der Waals surface area contributed by atoms with Crippen molar-refractivity contribution in [2.75, 3.05) is 50.5 Å². The van der Waals surface area contributed by atoms with Crippen LogP contribution in [0.2, 0.25) is 0 Å². The van der Waals surface area contributed by atoms with Crippen molar-refractivity contribution in [1.82, 2.24) is 4.90 Å². The smallest absolute Gasteiger partial charge is 0.222 e. The number of amides is 1. The normalized spacial score (nSPS) is 15.4. The van der Waals surface area contributed by atoms with E-state index in [0.717, 1.165) is 38.3 Å². The van der Waals surface area contributed by atoms with Gasteiger partial charge in [0.15, 0.2) is 0 Å². The molecule has 0 aromatic heterocycles. The summed E-state index contributed by atoms with van der Waals surface area (Å²) in [6, 6.07) is 7.89. The number of rotatable bonds is 5. The van der Waals surface area contributed by atoms with E-state index in [1.807, 2.05) is 29.2 Å². The van der Waals surface area contributed by atoms with Crippen LogP contribution in [0.4, 0.5) is 11.4 Å². The lowest BCUT2D eigenvalue weighted by Crippen LogP contribution is -2.48. The van der Waals surface area contributed by atoms with E-state index in [4.69, 9.17) is 10.5 Å². The Morgan fingerprint density at radius 1 is 1.20 bits per heavy atom. The van der Waals surface area contributed by atoms with E-state index in [9.17, 15) is 4.79 Å². The Balaban J connectivity index is 1.80. The average molecular weight is 277 g/mol. The minimum atomic E-state index is 0.235. The summed E-state index contributed by atoms with van der Waals surface area (Å²) in [4.78, 5) is 16.2. The van der Waals surface area contributed by atoms with Crippen molar-refractivity contribution < 1.29 is 9.53 Å². The summed E-state index contributed by atoms with van der Waals surface area (Å²) in [6.45, 7) is 3.98. The van der Waals surface area contributed by atoms with Gasteiger partial charge in [-0.25, -0.2) is 0 Å². The van der Waals surface area contributed by atoms with Crippen LogP contribution in [-0.2, 0) is 9.53 Å². The van der Waals surface area contributed by atoms with E-state index in [1.165, 1.54) is 5.69 Å². The molecule has 5 nitrogen and oxygen atoms in total. The highest BCUT2D eigenvalue weighted by molar-refractivity contribution is 5.76. The van der Waals surface area contributed by atoms with Crippen LogP contribution < -0.4 is 10.6 Å². The quantitative estimate of drug-likeness (QED) is 0.652. The van der Waals surface area contributed by atoms with Crippen LogP contribution in [-0.4, -0.2) is 50.7 Å². The molecular weight excluding hydrogens is 254 g/mol. The second kappa shape index (κ2) is 7.14. The third-order valence-electron chi connectivity index (χ3n) is 3.63. The summed E-state index contributed by atoms with van der Waals surface area (Å²) >= 11 is 0. The van der Waals surface area contributed by atoms with Crippen LogP contribution in [0.15, 0.2) is 24.3 Å². The number of nitrogens with two attached hydrogens (primary N) is 1. The molecule has 1 aromatic rings. The summed E-state index contributed by atoms with van der Waals surface area (Å²) in [5.41, 5.74) is 7.64. The van der Waals surface area contributed by atoms with Gasteiger partial charge in [0.25, 0.3) is 0 Å². The van der Waals surface area contributed by atoms with E-state index >= 15 is 0 Å². The van der Waals surface area contributed by atoms with Crippen LogP contribution in [0.1, 0.15) is 12.8 Å². The molecule has 1 aromatic carbocycles. The lowest BCUT2D eigenvalue weighted by atomic mass is 10.2. The molecule has 2 rings (SSSR count). The van der Waals surface area contributed by atoms with Gasteiger partial charge in [-0.3, -0.25) is 4.79 Å². The molecular formula is C15H23N3O2. The number of nitrogens with zero attached hydrogens (tertiary/aromatic N) is 2. The zero-order valence-corrected chi connectivity index (χ0v) is 12.0. The maximum atomic E-state index is 12.0. The van der Waals surface area contributed by atoms with Gasteiger partial charge >= 0.3 is 0 Å². The first-order chi connectivity index (χ1) is 9.70. The molecule has 1 aliphatic rings. The monoisotopic (exact) mass is 277 g/mol. The second-order valence-electron chi connectivity index (χ2n) is 5.06. The van der Waals surface area contributed by atoms with Crippen LogP contribution in [0.5, 0.6) is 0 Å². The van der Waals surface area contributed by atoms with Gasteiger partial charge in [-0.1, -0.05) is 0 Å². The lowest BCUT2D eigenvalue weighted by Gasteiger charge is -2.36. The fourth-order valence-corrected chi connectivity index (χ4v) is 2.43. The van der Waals surface area contributed by atoms with E-state index in [0.29, 0.717) is 13.0 Å². The predicted octanol–water partition coefficient (Wildman–Crippen LogP) is 1.34. The van der Waals surface area contributed by atoms with Crippen molar-refractivity contribution in [3.05, 3.63) is 24.3 Å². The Kier molecular flexibility index (Phi) is 5.24. The molecule has 0 saturated carbocycles. The molecule has 20 heavy (non-hydrogen) atoms. The number of piperazine rings is 1. The fraction of sp³-hybridized carbons (Fsp3) is 0.533. The molecule has 1 saturated heterocycles. The van der Waals surface area contributed by atoms with Crippen LogP contribution in [0.25, 0.3) is 0 Å². The zero-order valence-electron chi connectivity index (χ0n) is 12.0. The predicted molar refractivity (Wildman–Crippen MR) is 80.8 cm³/mol. The van der Waals surface area contributed by atoms with Gasteiger partial charge in [0, 0.05) is 57.7 Å². The lowest BCUT2D eigenvalue weighted by molar-refractivity contribution is -0.131. The van der Waals surface area contributed by atoms with Crippen molar-refractivity contribution in [1.29, 1.82) is 0 Å². The molecule has 110 valence electrons. The number of hydrogen-bond donors (Lipinski definition) is 1. The Bertz CT molecular complexity index is 425. The summed E-state index contributed by atoms with van der Waals surface area (Å²) < 4.78 is 4.97. The molecule has 0 radical (unpaired) electrons. The van der Waals surface area contributed by atoms with Gasteiger partial charge in [0.05, 0.1) is 0 Å². The molecule has 0 spiro atoms. The van der Waals surface area contributed by atoms with Gasteiger partial charge < -0.3 is 20.3 Å². The summed E-state index contributed by atoms with van der Waals surface area (Å²) in [6.07, 6.45) is 1.38. The SMILES string of the molecule is COCCCC(=O)N1CCN(c2ccc(N)cc2)CC1. The third-order valence-corrected chi connectivity index (χ3v) is 3.63. The van der Waals surface area contributed by atoms with Gasteiger partial charge in [0.2, 0.25) is 5.91 Å². The van der Waals surface area contributed by atoms with E-state index < -0.39 is 0 Å². The first kappa shape index (κ1) is 14.7. The van der Waals surface area contributed by atoms with Crippen LogP contribution >= 0.6 is 0 Å². The second-order valence-corrected chi connectivity index (χ2v) is 5.06. The third kappa shape index (κ3) is 3.87. The zero-order chi connectivity index (χ0) is 14.4. The molecule has 1 aliphatic heterocycles. The Hall–Kier alpha value is -1.75. The maximum absolute atomic E-state index is 12.0. The molecule has 0 aliphatic carbocycles. The minimum Gasteiger partial charge on any atom is -0.399 e. The topological polar surface area (TPSA) is 58.8 Å². The Morgan fingerprint density at radius 2 is 1.85 bits per heavy atom. The van der Waals surface area contributed by atoms with Crippen molar-refractivity contribution in [3.8, 4) is 0 Å². The minimum absolute atomic E-state index is 0.235. The largest absolute Gasteiger partial charge is 0.399 e. The van der Waals surface area contributed by atoms with Crippen LogP contribution in [0, 0.1) is 0 Å². The van der Waals surface area contributed by atoms with E-state index in [2.05, 4.69) is 4.90 Å². The van der Waals surface area contributed by atoms with Crippen LogP contribution in [0.3, 0.4) is 0 Å². The molecule has 0 bridgehead atoms.